The van der Waals surface area contributed by atoms with E-state index in [2.05, 4.69) is 23.1 Å². The van der Waals surface area contributed by atoms with Gasteiger partial charge in [0.05, 0.1) is 13.2 Å². The average Bonchev–Trinajstić information content (AvgIpc) is 2.88. The molecular weight excluding hydrogens is 481 g/mol. The molecule has 1 fully saturated rings. The second-order valence-electron chi connectivity index (χ2n) is 5.53. The van der Waals surface area contributed by atoms with E-state index in [0.717, 1.165) is 0 Å². The molecule has 1 aliphatic heterocycles. The number of H-pyrrole nitrogens is 2. The zero-order chi connectivity index (χ0) is 23.3. The predicted octanol–water partition coefficient (Wildman–Crippen LogP) is -2.18. The Morgan fingerprint density at radius 2 is 1.73 bits per heavy atom. The van der Waals surface area contributed by atoms with Crippen molar-refractivity contribution in [3.05, 3.63) is 32.6 Å². The molecule has 0 radical (unpaired) electrons. The lowest BCUT2D eigenvalue weighted by Crippen LogP contribution is -2.33. The highest BCUT2D eigenvalue weighted by atomic mass is 31.3. The van der Waals surface area contributed by atoms with E-state index in [-0.39, 0.29) is 5.56 Å². The molecule has 2 heterocycles. The second-order valence-corrected chi connectivity index (χ2v) is 9.91. The number of ether oxygens (including phenoxy) is 1. The summed E-state index contributed by atoms with van der Waals surface area (Å²) in [4.78, 5) is 60.0. The van der Waals surface area contributed by atoms with Crippen LogP contribution in [0.2, 0.25) is 0 Å². The van der Waals surface area contributed by atoms with Gasteiger partial charge in [0, 0.05) is 11.8 Å². The summed E-state index contributed by atoms with van der Waals surface area (Å²) in [5, 5.41) is 18.3. The van der Waals surface area contributed by atoms with Crippen molar-refractivity contribution >= 4 is 23.5 Å². The van der Waals surface area contributed by atoms with E-state index >= 15 is 0 Å². The molecule has 0 aromatic carbocycles. The third-order valence-electron chi connectivity index (χ3n) is 3.11. The van der Waals surface area contributed by atoms with E-state index in [1.54, 1.807) is 6.92 Å². The number of aromatic amines is 2. The van der Waals surface area contributed by atoms with Gasteiger partial charge in [-0.2, -0.15) is 8.62 Å². The first-order chi connectivity index (χ1) is 13.6. The number of aromatic nitrogens is 2. The molecule has 0 saturated carbocycles. The number of phosphoric acid groups is 3. The van der Waals surface area contributed by atoms with E-state index in [1.165, 1.54) is 6.20 Å². The third kappa shape index (κ3) is 9.41. The summed E-state index contributed by atoms with van der Waals surface area (Å²) in [6.07, 6.45) is -2.73. The van der Waals surface area contributed by atoms with Crippen LogP contribution in [0.15, 0.2) is 15.8 Å². The normalized spacial score (nSPS) is 25.6. The molecule has 0 amide bonds. The van der Waals surface area contributed by atoms with Gasteiger partial charge in [0.2, 0.25) is 0 Å². The topological polar surface area (TPSA) is 275 Å². The highest BCUT2D eigenvalue weighted by molar-refractivity contribution is 7.66. The fraction of sp³-hybridized carbons (Fsp3) is 0.600. The first-order valence-corrected chi connectivity index (χ1v) is 12.1. The Balaban J connectivity index is 0.000000414. The van der Waals surface area contributed by atoms with Crippen LogP contribution >= 0.6 is 23.5 Å². The van der Waals surface area contributed by atoms with E-state index < -0.39 is 60.7 Å². The summed E-state index contributed by atoms with van der Waals surface area (Å²) in [5.41, 5.74) is -0.293. The molecule has 0 bridgehead atoms. The lowest BCUT2D eigenvalue weighted by molar-refractivity contribution is -0.00599. The van der Waals surface area contributed by atoms with Crippen molar-refractivity contribution < 1.29 is 61.4 Å². The van der Waals surface area contributed by atoms with E-state index in [9.17, 15) is 33.3 Å². The molecule has 1 aromatic rings. The van der Waals surface area contributed by atoms with Gasteiger partial charge in [-0.05, 0) is 6.92 Å². The van der Waals surface area contributed by atoms with Gasteiger partial charge in [-0.15, -0.1) is 0 Å². The van der Waals surface area contributed by atoms with Crippen molar-refractivity contribution in [3.8, 4) is 0 Å². The maximum Gasteiger partial charge on any atom is 0.490 e. The quantitative estimate of drug-likeness (QED) is 0.185. The number of nitrogens with one attached hydrogen (secondary N) is 2. The van der Waals surface area contributed by atoms with E-state index in [1.807, 2.05) is 0 Å². The van der Waals surface area contributed by atoms with Gasteiger partial charge in [0.15, 0.2) is 0 Å². The van der Waals surface area contributed by atoms with Crippen LogP contribution in [0.1, 0.15) is 5.56 Å². The number of rotatable bonds is 7. The van der Waals surface area contributed by atoms with Gasteiger partial charge in [-0.1, -0.05) is 0 Å². The van der Waals surface area contributed by atoms with E-state index in [0.29, 0.717) is 5.56 Å². The molecule has 17 nitrogen and oxygen atoms in total. The van der Waals surface area contributed by atoms with Gasteiger partial charge >= 0.3 is 29.2 Å². The Kier molecular flexibility index (Phi) is 9.47. The Hall–Kier alpha value is -1.03. The number of phosphoric ester groups is 1. The molecule has 0 aliphatic carbocycles. The molecular formula is C10H19N2O15P3. The molecule has 20 heteroatoms. The summed E-state index contributed by atoms with van der Waals surface area (Å²) in [7, 11) is -16.4. The third-order valence-corrected chi connectivity index (χ3v) is 6.97. The zero-order valence-corrected chi connectivity index (χ0v) is 17.6. The van der Waals surface area contributed by atoms with Crippen molar-refractivity contribution in [1.82, 2.24) is 9.97 Å². The molecule has 2 unspecified atom stereocenters. The van der Waals surface area contributed by atoms with Crippen LogP contribution in [0.4, 0.5) is 0 Å². The highest BCUT2D eigenvalue weighted by Gasteiger charge is 2.45. The molecule has 5 atom stereocenters. The van der Waals surface area contributed by atoms with Crippen LogP contribution in [-0.4, -0.2) is 71.3 Å². The number of aliphatic hydroxyl groups excluding tert-OH is 2. The van der Waals surface area contributed by atoms with Crippen LogP contribution in [0, 0.1) is 6.92 Å². The summed E-state index contributed by atoms with van der Waals surface area (Å²) in [6, 6.07) is 0. The average molecular weight is 500 g/mol. The largest absolute Gasteiger partial charge is 0.490 e. The number of hydrogen-bond acceptors (Lipinski definition) is 11. The first kappa shape index (κ1) is 27.0. The first-order valence-electron chi connectivity index (χ1n) is 7.56. The van der Waals surface area contributed by atoms with Crippen molar-refractivity contribution in [2.24, 2.45) is 0 Å². The predicted molar refractivity (Wildman–Crippen MR) is 94.0 cm³/mol. The van der Waals surface area contributed by atoms with Crippen LogP contribution in [0.5, 0.6) is 0 Å². The summed E-state index contributed by atoms with van der Waals surface area (Å²) < 4.78 is 48.9. The number of aliphatic hydroxyl groups is 2. The highest BCUT2D eigenvalue weighted by Crippen LogP contribution is 2.66. The maximum absolute atomic E-state index is 11.4. The van der Waals surface area contributed by atoms with Crippen molar-refractivity contribution in [3.63, 3.8) is 0 Å². The number of aryl methyl sites for hydroxylation is 1. The Labute approximate surface area is 166 Å². The summed E-state index contributed by atoms with van der Waals surface area (Å²) in [6.45, 7) is 0.571. The maximum atomic E-state index is 11.4. The van der Waals surface area contributed by atoms with Crippen molar-refractivity contribution in [1.29, 1.82) is 0 Å². The lowest BCUT2D eigenvalue weighted by atomic mass is 10.2. The fourth-order valence-electron chi connectivity index (χ4n) is 1.86. The minimum absolute atomic E-state index is 0.334. The Bertz CT molecular complexity index is 968. The molecule has 0 spiro atoms. The van der Waals surface area contributed by atoms with Crippen LogP contribution in [0.3, 0.4) is 0 Å². The van der Waals surface area contributed by atoms with Gasteiger partial charge in [0.1, 0.15) is 18.3 Å². The summed E-state index contributed by atoms with van der Waals surface area (Å²) >= 11 is 0. The molecule has 2 rings (SSSR count). The molecule has 174 valence electrons. The molecule has 8 N–H and O–H groups in total. The minimum Gasteiger partial charge on any atom is -0.394 e. The molecule has 30 heavy (non-hydrogen) atoms. The van der Waals surface area contributed by atoms with Crippen LogP contribution in [-0.2, 0) is 31.6 Å². The summed E-state index contributed by atoms with van der Waals surface area (Å²) in [5.74, 6) is 0. The van der Waals surface area contributed by atoms with Gasteiger partial charge in [-0.25, -0.2) is 18.5 Å². The van der Waals surface area contributed by atoms with Gasteiger partial charge in [-0.3, -0.25) is 14.3 Å². The molecule has 1 saturated heterocycles. The van der Waals surface area contributed by atoms with Crippen LogP contribution in [0.25, 0.3) is 0 Å². The zero-order valence-electron chi connectivity index (χ0n) is 14.9. The Morgan fingerprint density at radius 1 is 1.13 bits per heavy atom. The molecule has 1 aromatic heterocycles. The van der Waals surface area contributed by atoms with Crippen molar-refractivity contribution in [2.45, 2.75) is 25.2 Å². The fourth-order valence-corrected chi connectivity index (χ4v) is 5.04. The smallest absolute Gasteiger partial charge is 0.394 e. The number of hydrogen-bond donors (Lipinski definition) is 8. The SMILES string of the molecule is Cc1c[nH]c(=O)[nH]c1=O.O=P(O)(O)OP(=O)(O)OP(=O)(O)O[C@H]1CO[C@H](CO)[C@H]1O. The molecule has 1 aliphatic rings. The monoisotopic (exact) mass is 500 g/mol. The standard InChI is InChI=1S/C5H6N2O2.C5H13O13P3/c1-3-2-6-5(9)7-4(3)8;6-1-3-5(7)4(2-15-3)16-20(11,12)18-21(13,14)17-19(8,9)10/h2H,1H3,(H2,6,7,8,9);3-7H,1-2H2,(H,11,12)(H,13,14)(H2,8,9,10)/t;3-,4+,5-/m.1/s1. The van der Waals surface area contributed by atoms with Gasteiger partial charge < -0.3 is 39.5 Å². The lowest BCUT2D eigenvalue weighted by Gasteiger charge is -2.20. The Morgan fingerprint density at radius 3 is 2.17 bits per heavy atom. The second kappa shape index (κ2) is 10.5. The van der Waals surface area contributed by atoms with Crippen LogP contribution < -0.4 is 11.2 Å². The van der Waals surface area contributed by atoms with Crippen molar-refractivity contribution in [2.75, 3.05) is 13.2 Å². The minimum atomic E-state index is -5.61. The van der Waals surface area contributed by atoms with Gasteiger partial charge in [0.25, 0.3) is 5.56 Å². The van der Waals surface area contributed by atoms with E-state index in [4.69, 9.17) is 24.5 Å².